The van der Waals surface area contributed by atoms with Gasteiger partial charge >= 0.3 is 0 Å². The van der Waals surface area contributed by atoms with Crippen molar-refractivity contribution in [2.24, 2.45) is 0 Å². The highest BCUT2D eigenvalue weighted by Crippen LogP contribution is 2.29. The highest BCUT2D eigenvalue weighted by atomic mass is 35.5. The molecular formula is C11H15Cl. The minimum absolute atomic E-state index is 0.511. The van der Waals surface area contributed by atoms with Crippen molar-refractivity contribution in [3.63, 3.8) is 0 Å². The molecule has 1 aromatic rings. The van der Waals surface area contributed by atoms with Gasteiger partial charge in [0.15, 0.2) is 0 Å². The molecule has 0 saturated carbocycles. The number of hydrogen-bond donors (Lipinski definition) is 0. The van der Waals surface area contributed by atoms with Crippen molar-refractivity contribution in [3.8, 4) is 0 Å². The molecule has 0 aliphatic rings. The first-order chi connectivity index (χ1) is 5.54. The molecule has 0 unspecified atom stereocenters. The van der Waals surface area contributed by atoms with E-state index in [9.17, 15) is 0 Å². The van der Waals surface area contributed by atoms with Crippen LogP contribution in [0.5, 0.6) is 0 Å². The van der Waals surface area contributed by atoms with Crippen LogP contribution in [0.25, 0.3) is 0 Å². The van der Waals surface area contributed by atoms with Crippen molar-refractivity contribution in [1.82, 2.24) is 0 Å². The average Bonchev–Trinajstić information content (AvgIpc) is 1.97. The molecule has 1 aromatic carbocycles. The Hall–Kier alpha value is -0.490. The zero-order valence-corrected chi connectivity index (χ0v) is 8.87. The summed E-state index contributed by atoms with van der Waals surface area (Å²) in [5, 5.41) is 0.935. The Morgan fingerprint density at radius 2 is 1.58 bits per heavy atom. The molecule has 0 bridgehead atoms. The monoisotopic (exact) mass is 182 g/mol. The van der Waals surface area contributed by atoms with Gasteiger partial charge in [0.05, 0.1) is 0 Å². The first-order valence-electron chi connectivity index (χ1n) is 4.29. The Balaban J connectivity index is 3.33. The molecule has 0 saturated heterocycles. The second-order valence-electron chi connectivity index (χ2n) is 3.58. The lowest BCUT2D eigenvalue weighted by molar-refractivity contribution is 0.855. The minimum atomic E-state index is 0.511. The van der Waals surface area contributed by atoms with E-state index in [1.54, 1.807) is 0 Å². The maximum absolute atomic E-state index is 6.19. The zero-order valence-electron chi connectivity index (χ0n) is 8.11. The summed E-state index contributed by atoms with van der Waals surface area (Å²) in [4.78, 5) is 0. The third-order valence-corrected chi connectivity index (χ3v) is 2.67. The fourth-order valence-electron chi connectivity index (χ4n) is 1.51. The fourth-order valence-corrected chi connectivity index (χ4v) is 1.94. The van der Waals surface area contributed by atoms with E-state index in [4.69, 9.17) is 11.6 Å². The largest absolute Gasteiger partial charge is 0.0837 e. The lowest BCUT2D eigenvalue weighted by Crippen LogP contribution is -1.94. The molecule has 0 N–H and O–H groups in total. The van der Waals surface area contributed by atoms with Crippen LogP contribution < -0.4 is 0 Å². The van der Waals surface area contributed by atoms with Gasteiger partial charge in [-0.05, 0) is 36.5 Å². The average molecular weight is 183 g/mol. The molecule has 0 aliphatic heterocycles. The molecule has 0 aliphatic carbocycles. The van der Waals surface area contributed by atoms with Gasteiger partial charge in [-0.1, -0.05) is 37.6 Å². The highest BCUT2D eigenvalue weighted by Gasteiger charge is 2.09. The molecule has 1 heteroatoms. The topological polar surface area (TPSA) is 0 Å². The van der Waals surface area contributed by atoms with Crippen LogP contribution in [0.15, 0.2) is 12.1 Å². The molecule has 66 valence electrons. The van der Waals surface area contributed by atoms with Crippen molar-refractivity contribution < 1.29 is 0 Å². The van der Waals surface area contributed by atoms with Crippen molar-refractivity contribution >= 4 is 11.6 Å². The molecule has 0 heterocycles. The SMILES string of the molecule is Cc1ccc(C)c(C(C)C)c1Cl. The quantitative estimate of drug-likeness (QED) is 0.614. The highest BCUT2D eigenvalue weighted by molar-refractivity contribution is 6.32. The van der Waals surface area contributed by atoms with E-state index >= 15 is 0 Å². The Kier molecular flexibility index (Phi) is 2.79. The predicted octanol–water partition coefficient (Wildman–Crippen LogP) is 4.08. The van der Waals surface area contributed by atoms with Crippen LogP contribution in [0, 0.1) is 13.8 Å². The van der Waals surface area contributed by atoms with Crippen LogP contribution in [0.1, 0.15) is 36.5 Å². The predicted molar refractivity (Wildman–Crippen MR) is 55.0 cm³/mol. The lowest BCUT2D eigenvalue weighted by Gasteiger charge is -2.13. The van der Waals surface area contributed by atoms with E-state index in [1.165, 1.54) is 16.7 Å². The summed E-state index contributed by atoms with van der Waals surface area (Å²) in [6, 6.07) is 4.21. The Bertz CT molecular complexity index is 287. The number of benzene rings is 1. The molecule has 0 aromatic heterocycles. The van der Waals surface area contributed by atoms with Gasteiger partial charge in [-0.2, -0.15) is 0 Å². The molecular weight excluding hydrogens is 168 g/mol. The van der Waals surface area contributed by atoms with Crippen LogP contribution in [-0.2, 0) is 0 Å². The molecule has 0 atom stereocenters. The van der Waals surface area contributed by atoms with Crippen molar-refractivity contribution in [2.45, 2.75) is 33.6 Å². The van der Waals surface area contributed by atoms with Gasteiger partial charge in [0.2, 0.25) is 0 Å². The molecule has 0 spiro atoms. The molecule has 0 fully saturated rings. The Morgan fingerprint density at radius 1 is 1.08 bits per heavy atom. The summed E-state index contributed by atoms with van der Waals surface area (Å²) < 4.78 is 0. The second-order valence-corrected chi connectivity index (χ2v) is 3.96. The van der Waals surface area contributed by atoms with Gasteiger partial charge in [-0.15, -0.1) is 0 Å². The van der Waals surface area contributed by atoms with Crippen LogP contribution in [0.4, 0.5) is 0 Å². The Morgan fingerprint density at radius 3 is 2.00 bits per heavy atom. The van der Waals surface area contributed by atoms with E-state index in [0.29, 0.717) is 5.92 Å². The van der Waals surface area contributed by atoms with Crippen LogP contribution in [-0.4, -0.2) is 0 Å². The van der Waals surface area contributed by atoms with E-state index in [2.05, 4.69) is 32.9 Å². The van der Waals surface area contributed by atoms with Crippen molar-refractivity contribution in [3.05, 3.63) is 33.8 Å². The smallest absolute Gasteiger partial charge is 0.0472 e. The van der Waals surface area contributed by atoms with Crippen molar-refractivity contribution in [2.75, 3.05) is 0 Å². The van der Waals surface area contributed by atoms with E-state index in [1.807, 2.05) is 6.92 Å². The summed E-state index contributed by atoms with van der Waals surface area (Å²) in [5.74, 6) is 0.511. The van der Waals surface area contributed by atoms with Crippen LogP contribution in [0.2, 0.25) is 5.02 Å². The Labute approximate surface area is 79.6 Å². The maximum Gasteiger partial charge on any atom is 0.0472 e. The second kappa shape index (κ2) is 3.49. The lowest BCUT2D eigenvalue weighted by atomic mass is 9.96. The summed E-state index contributed by atoms with van der Waals surface area (Å²) >= 11 is 6.19. The number of aryl methyl sites for hydroxylation is 2. The molecule has 1 rings (SSSR count). The molecule has 0 nitrogen and oxygen atoms in total. The first-order valence-corrected chi connectivity index (χ1v) is 4.67. The number of rotatable bonds is 1. The van der Waals surface area contributed by atoms with Gasteiger partial charge in [0, 0.05) is 5.02 Å². The zero-order chi connectivity index (χ0) is 9.30. The number of halogens is 1. The summed E-state index contributed by atoms with van der Waals surface area (Å²) in [6.45, 7) is 8.51. The van der Waals surface area contributed by atoms with Gasteiger partial charge in [-0.25, -0.2) is 0 Å². The standard InChI is InChI=1S/C11H15Cl/c1-7(2)10-8(3)5-6-9(4)11(10)12/h5-7H,1-4H3. The molecule has 0 radical (unpaired) electrons. The first kappa shape index (κ1) is 9.60. The third kappa shape index (κ3) is 1.64. The molecule has 12 heavy (non-hydrogen) atoms. The van der Waals surface area contributed by atoms with Crippen LogP contribution >= 0.6 is 11.6 Å². The van der Waals surface area contributed by atoms with E-state index in [-0.39, 0.29) is 0 Å². The van der Waals surface area contributed by atoms with Gasteiger partial charge in [-0.3, -0.25) is 0 Å². The number of hydrogen-bond acceptors (Lipinski definition) is 0. The molecule has 0 amide bonds. The summed E-state index contributed by atoms with van der Waals surface area (Å²) in [6.07, 6.45) is 0. The maximum atomic E-state index is 6.19. The third-order valence-electron chi connectivity index (χ3n) is 2.17. The van der Waals surface area contributed by atoms with E-state index < -0.39 is 0 Å². The fraction of sp³-hybridized carbons (Fsp3) is 0.455. The van der Waals surface area contributed by atoms with Gasteiger partial charge in [0.1, 0.15) is 0 Å². The van der Waals surface area contributed by atoms with E-state index in [0.717, 1.165) is 5.02 Å². The normalized spacial score (nSPS) is 10.8. The summed E-state index contributed by atoms with van der Waals surface area (Å²) in [5.41, 5.74) is 3.75. The van der Waals surface area contributed by atoms with Gasteiger partial charge in [0.25, 0.3) is 0 Å². The van der Waals surface area contributed by atoms with Crippen LogP contribution in [0.3, 0.4) is 0 Å². The van der Waals surface area contributed by atoms with Gasteiger partial charge < -0.3 is 0 Å². The minimum Gasteiger partial charge on any atom is -0.0837 e. The summed E-state index contributed by atoms with van der Waals surface area (Å²) in [7, 11) is 0. The van der Waals surface area contributed by atoms with Crippen molar-refractivity contribution in [1.29, 1.82) is 0 Å².